The van der Waals surface area contributed by atoms with E-state index in [-0.39, 0.29) is 0 Å². The third kappa shape index (κ3) is 1.67. The summed E-state index contributed by atoms with van der Waals surface area (Å²) in [6.07, 6.45) is 5.66. The highest BCUT2D eigenvalue weighted by Gasteiger charge is 2.15. The number of allylic oxidation sites excluding steroid dienone is 1. The van der Waals surface area contributed by atoms with Crippen molar-refractivity contribution < 1.29 is 4.79 Å². The van der Waals surface area contributed by atoms with Gasteiger partial charge in [0.05, 0.1) is 0 Å². The van der Waals surface area contributed by atoms with Gasteiger partial charge < -0.3 is 0 Å². The number of hydrogen-bond donors (Lipinski definition) is 0. The van der Waals surface area contributed by atoms with Gasteiger partial charge in [0.1, 0.15) is 5.78 Å². The van der Waals surface area contributed by atoms with Crippen LogP contribution in [0.3, 0.4) is 0 Å². The minimum atomic E-state index is 0.408. The van der Waals surface area contributed by atoms with Crippen molar-refractivity contribution in [3.8, 4) is 0 Å². The lowest BCUT2D eigenvalue weighted by Crippen LogP contribution is -2.12. The van der Waals surface area contributed by atoms with Crippen LogP contribution in [0, 0.1) is 5.92 Å². The molecule has 0 amide bonds. The molecule has 0 saturated heterocycles. The Balaban J connectivity index is 2.40. The van der Waals surface area contributed by atoms with E-state index in [1.165, 1.54) is 0 Å². The molecule has 1 heteroatoms. The van der Waals surface area contributed by atoms with E-state index in [4.69, 9.17) is 0 Å². The van der Waals surface area contributed by atoms with Gasteiger partial charge in [-0.25, -0.2) is 0 Å². The van der Waals surface area contributed by atoms with Crippen LogP contribution in [0.25, 0.3) is 0 Å². The number of carbonyl (C=O) groups excluding carboxylic acids is 1. The van der Waals surface area contributed by atoms with Gasteiger partial charge in [0, 0.05) is 12.8 Å². The molecule has 0 aromatic carbocycles. The summed E-state index contributed by atoms with van der Waals surface area (Å²) < 4.78 is 0. The fourth-order valence-electron chi connectivity index (χ4n) is 1.26. The van der Waals surface area contributed by atoms with E-state index in [1.54, 1.807) is 0 Å². The zero-order valence-corrected chi connectivity index (χ0v) is 5.60. The molecule has 0 heterocycles. The van der Waals surface area contributed by atoms with Crippen LogP contribution in [-0.2, 0) is 4.79 Å². The van der Waals surface area contributed by atoms with Crippen LogP contribution >= 0.6 is 0 Å². The molecular formula is C8H12O. The molecule has 0 N–H and O–H groups in total. The number of hydrogen-bond acceptors (Lipinski definition) is 1. The van der Waals surface area contributed by atoms with Crippen molar-refractivity contribution in [1.82, 2.24) is 0 Å². The van der Waals surface area contributed by atoms with Crippen LogP contribution < -0.4 is 0 Å². The van der Waals surface area contributed by atoms with Crippen molar-refractivity contribution in [1.29, 1.82) is 0 Å². The fourth-order valence-corrected chi connectivity index (χ4v) is 1.26. The first kappa shape index (κ1) is 6.53. The summed E-state index contributed by atoms with van der Waals surface area (Å²) in [5, 5.41) is 0. The Morgan fingerprint density at radius 2 is 2.44 bits per heavy atom. The molecule has 1 rings (SSSR count). The Morgan fingerprint density at radius 1 is 1.67 bits per heavy atom. The third-order valence-electron chi connectivity index (χ3n) is 1.85. The third-order valence-corrected chi connectivity index (χ3v) is 1.85. The lowest BCUT2D eigenvalue weighted by atomic mass is 9.89. The fraction of sp³-hybridized carbons (Fsp3) is 0.625. The van der Waals surface area contributed by atoms with Gasteiger partial charge in [0.2, 0.25) is 0 Å². The van der Waals surface area contributed by atoms with E-state index >= 15 is 0 Å². The average Bonchev–Trinajstić information content (AvgIpc) is 1.88. The molecule has 0 bridgehead atoms. The number of ketones is 1. The number of carbonyl (C=O) groups is 1. The molecule has 0 aliphatic heterocycles. The SMILES string of the molecule is C=C[C@@H]1CCCC(=O)C1. The smallest absolute Gasteiger partial charge is 0.133 e. The van der Waals surface area contributed by atoms with Crippen molar-refractivity contribution in [3.05, 3.63) is 12.7 Å². The van der Waals surface area contributed by atoms with E-state index in [0.717, 1.165) is 25.7 Å². The van der Waals surface area contributed by atoms with Gasteiger partial charge in [-0.15, -0.1) is 6.58 Å². The van der Waals surface area contributed by atoms with Gasteiger partial charge in [-0.1, -0.05) is 6.08 Å². The topological polar surface area (TPSA) is 17.1 Å². The molecule has 1 aliphatic carbocycles. The van der Waals surface area contributed by atoms with Crippen LogP contribution in [0.1, 0.15) is 25.7 Å². The van der Waals surface area contributed by atoms with Crippen LogP contribution in [0.15, 0.2) is 12.7 Å². The van der Waals surface area contributed by atoms with Gasteiger partial charge in [-0.05, 0) is 18.8 Å². The van der Waals surface area contributed by atoms with E-state index < -0.39 is 0 Å². The van der Waals surface area contributed by atoms with Gasteiger partial charge in [-0.3, -0.25) is 4.79 Å². The maximum absolute atomic E-state index is 10.8. The molecule has 50 valence electrons. The van der Waals surface area contributed by atoms with E-state index in [1.807, 2.05) is 6.08 Å². The van der Waals surface area contributed by atoms with Gasteiger partial charge in [0.15, 0.2) is 0 Å². The maximum atomic E-state index is 10.8. The summed E-state index contributed by atoms with van der Waals surface area (Å²) in [5.41, 5.74) is 0. The summed E-state index contributed by atoms with van der Waals surface area (Å²) in [7, 11) is 0. The second-order valence-corrected chi connectivity index (χ2v) is 2.63. The molecule has 9 heavy (non-hydrogen) atoms. The number of Topliss-reactive ketones (excluding diaryl/α,β-unsaturated/α-hetero) is 1. The molecule has 0 aromatic heterocycles. The second-order valence-electron chi connectivity index (χ2n) is 2.63. The van der Waals surface area contributed by atoms with Crippen molar-refractivity contribution in [3.63, 3.8) is 0 Å². The second kappa shape index (κ2) is 2.81. The molecule has 1 fully saturated rings. The van der Waals surface area contributed by atoms with Crippen molar-refractivity contribution in [2.45, 2.75) is 25.7 Å². The highest BCUT2D eigenvalue weighted by molar-refractivity contribution is 5.79. The highest BCUT2D eigenvalue weighted by atomic mass is 16.1. The lowest BCUT2D eigenvalue weighted by Gasteiger charge is -2.15. The zero-order chi connectivity index (χ0) is 6.69. The summed E-state index contributed by atoms with van der Waals surface area (Å²) >= 11 is 0. The normalized spacial score (nSPS) is 28.0. The van der Waals surface area contributed by atoms with Crippen molar-refractivity contribution in [2.75, 3.05) is 0 Å². The number of rotatable bonds is 1. The molecule has 1 atom stereocenters. The van der Waals surface area contributed by atoms with E-state index in [2.05, 4.69) is 6.58 Å². The molecule has 1 saturated carbocycles. The minimum absolute atomic E-state index is 0.408. The van der Waals surface area contributed by atoms with Crippen molar-refractivity contribution >= 4 is 5.78 Å². The maximum Gasteiger partial charge on any atom is 0.133 e. The Bertz CT molecular complexity index is 127. The Morgan fingerprint density at radius 3 is 2.89 bits per heavy atom. The predicted octanol–water partition coefficient (Wildman–Crippen LogP) is 1.93. The van der Waals surface area contributed by atoms with E-state index in [9.17, 15) is 4.79 Å². The van der Waals surface area contributed by atoms with Gasteiger partial charge in [-0.2, -0.15) is 0 Å². The quantitative estimate of drug-likeness (QED) is 0.488. The summed E-state index contributed by atoms with van der Waals surface area (Å²) in [6, 6.07) is 0. The largest absolute Gasteiger partial charge is 0.300 e. The predicted molar refractivity (Wildman–Crippen MR) is 37.2 cm³/mol. The first-order valence-corrected chi connectivity index (χ1v) is 3.47. The summed E-state index contributed by atoms with van der Waals surface area (Å²) in [6.45, 7) is 3.67. The Labute approximate surface area is 55.8 Å². The summed E-state index contributed by atoms with van der Waals surface area (Å²) in [4.78, 5) is 10.8. The first-order chi connectivity index (χ1) is 4.33. The standard InChI is InChI=1S/C8H12O/c1-2-7-4-3-5-8(9)6-7/h2,7H,1,3-6H2/t7-/m1/s1. The first-order valence-electron chi connectivity index (χ1n) is 3.47. The molecular weight excluding hydrogens is 112 g/mol. The average molecular weight is 124 g/mol. The molecule has 1 nitrogen and oxygen atoms in total. The highest BCUT2D eigenvalue weighted by Crippen LogP contribution is 2.21. The lowest BCUT2D eigenvalue weighted by molar-refractivity contribution is -0.121. The van der Waals surface area contributed by atoms with E-state index in [0.29, 0.717) is 11.7 Å². The zero-order valence-electron chi connectivity index (χ0n) is 5.60. The monoisotopic (exact) mass is 124 g/mol. The molecule has 1 aliphatic rings. The molecule has 0 unspecified atom stereocenters. The van der Waals surface area contributed by atoms with Crippen LogP contribution in [0.5, 0.6) is 0 Å². The molecule has 0 aromatic rings. The van der Waals surface area contributed by atoms with Crippen LogP contribution in [-0.4, -0.2) is 5.78 Å². The van der Waals surface area contributed by atoms with Crippen LogP contribution in [0.4, 0.5) is 0 Å². The van der Waals surface area contributed by atoms with Gasteiger partial charge >= 0.3 is 0 Å². The molecule has 0 spiro atoms. The van der Waals surface area contributed by atoms with Gasteiger partial charge in [0.25, 0.3) is 0 Å². The Kier molecular flexibility index (Phi) is 2.04. The summed E-state index contributed by atoms with van der Waals surface area (Å²) in [5.74, 6) is 0.886. The van der Waals surface area contributed by atoms with Crippen molar-refractivity contribution in [2.24, 2.45) is 5.92 Å². The Hall–Kier alpha value is -0.590. The van der Waals surface area contributed by atoms with Crippen LogP contribution in [0.2, 0.25) is 0 Å². The minimum Gasteiger partial charge on any atom is -0.300 e. The molecule has 0 radical (unpaired) electrons.